The Kier molecular flexibility index (Phi) is 4.95. The lowest BCUT2D eigenvalue weighted by atomic mass is 10.1. The number of anilines is 2. The van der Waals surface area contributed by atoms with Gasteiger partial charge in [0.25, 0.3) is 0 Å². The van der Waals surface area contributed by atoms with Crippen LogP contribution >= 0.6 is 11.6 Å². The number of nitrogens with one attached hydrogen (secondary N) is 2. The molecule has 3 heterocycles. The molecule has 1 amide bonds. The lowest BCUT2D eigenvalue weighted by Gasteiger charge is -2.41. The van der Waals surface area contributed by atoms with Gasteiger partial charge in [-0.05, 0) is 31.2 Å². The molecule has 1 saturated heterocycles. The molecule has 2 N–H and O–H groups in total. The van der Waals surface area contributed by atoms with E-state index in [1.165, 1.54) is 0 Å². The highest BCUT2D eigenvalue weighted by molar-refractivity contribution is 6.30. The smallest absolute Gasteiger partial charge is 0.406 e. The number of nitrogens with zero attached hydrogens (tertiary/aromatic N) is 3. The van der Waals surface area contributed by atoms with Crippen LogP contribution in [0, 0.1) is 0 Å². The second kappa shape index (κ2) is 7.55. The van der Waals surface area contributed by atoms with Crippen LogP contribution in [-0.4, -0.2) is 53.0 Å². The molecule has 0 unspecified atom stereocenters. The van der Waals surface area contributed by atoms with Crippen molar-refractivity contribution in [2.75, 3.05) is 36.4 Å². The summed E-state index contributed by atoms with van der Waals surface area (Å²) in [5.41, 5.74) is 2.46. The molecule has 9 heteroatoms. The zero-order valence-corrected chi connectivity index (χ0v) is 16.1. The summed E-state index contributed by atoms with van der Waals surface area (Å²) in [5.74, 6) is -0.540. The standard InChI is InChI=1S/C19H20ClN5O3/c1-12-11-24(15-4-2-13(20)3-5-15)6-7-25(12)17(26)10-21-14-8-16-18(22-9-14)23-19(27)28-16/h2-5,8-9,12,21H,6-7,10-11H2,1H3,(H,22,23,27)/t12-/m1/s1. The molecule has 0 radical (unpaired) electrons. The Balaban J connectivity index is 1.35. The van der Waals surface area contributed by atoms with Crippen molar-refractivity contribution in [2.45, 2.75) is 13.0 Å². The van der Waals surface area contributed by atoms with E-state index in [0.29, 0.717) is 28.5 Å². The predicted octanol–water partition coefficient (Wildman–Crippen LogP) is 2.32. The number of hydrogen-bond acceptors (Lipinski definition) is 6. The summed E-state index contributed by atoms with van der Waals surface area (Å²) in [5, 5.41) is 3.77. The van der Waals surface area contributed by atoms with Crippen LogP contribution in [0.1, 0.15) is 6.92 Å². The third kappa shape index (κ3) is 3.82. The molecule has 1 aromatic carbocycles. The number of oxazole rings is 1. The fraction of sp³-hybridized carbons (Fsp3) is 0.316. The van der Waals surface area contributed by atoms with Gasteiger partial charge in [-0.15, -0.1) is 0 Å². The van der Waals surface area contributed by atoms with Crippen LogP contribution < -0.4 is 16.0 Å². The zero-order valence-electron chi connectivity index (χ0n) is 15.3. The number of carbonyl (C=O) groups is 1. The molecule has 146 valence electrons. The number of benzene rings is 1. The summed E-state index contributed by atoms with van der Waals surface area (Å²) in [4.78, 5) is 34.6. The number of fused-ring (bicyclic) bond motifs is 1. The molecule has 3 aromatic rings. The molecule has 2 aromatic heterocycles. The SMILES string of the molecule is C[C@@H]1CN(c2ccc(Cl)cc2)CCN1C(=O)CNc1cnc2[nH]c(=O)oc2c1. The van der Waals surface area contributed by atoms with Gasteiger partial charge in [0.1, 0.15) is 0 Å². The lowest BCUT2D eigenvalue weighted by molar-refractivity contribution is -0.131. The number of carbonyl (C=O) groups excluding carboxylic acids is 1. The lowest BCUT2D eigenvalue weighted by Crippen LogP contribution is -2.55. The summed E-state index contributed by atoms with van der Waals surface area (Å²) >= 11 is 5.96. The largest absolute Gasteiger partial charge is 0.418 e. The molecule has 28 heavy (non-hydrogen) atoms. The maximum atomic E-state index is 12.7. The number of pyridine rings is 1. The van der Waals surface area contributed by atoms with E-state index in [2.05, 4.69) is 20.2 Å². The molecule has 1 aliphatic rings. The van der Waals surface area contributed by atoms with Crippen LogP contribution in [0.25, 0.3) is 11.2 Å². The number of H-pyrrole nitrogens is 1. The van der Waals surface area contributed by atoms with Gasteiger partial charge in [0.05, 0.1) is 18.4 Å². The van der Waals surface area contributed by atoms with E-state index in [-0.39, 0.29) is 18.5 Å². The monoisotopic (exact) mass is 401 g/mol. The third-order valence-corrected chi connectivity index (χ3v) is 5.11. The van der Waals surface area contributed by atoms with E-state index in [9.17, 15) is 9.59 Å². The molecule has 8 nitrogen and oxygen atoms in total. The van der Waals surface area contributed by atoms with Gasteiger partial charge in [-0.25, -0.2) is 9.78 Å². The topological polar surface area (TPSA) is 94.5 Å². The zero-order chi connectivity index (χ0) is 19.7. The summed E-state index contributed by atoms with van der Waals surface area (Å²) in [6, 6.07) is 9.48. The summed E-state index contributed by atoms with van der Waals surface area (Å²) < 4.78 is 4.99. The van der Waals surface area contributed by atoms with Crippen molar-refractivity contribution in [1.29, 1.82) is 0 Å². The number of piperazine rings is 1. The molecule has 1 aliphatic heterocycles. The van der Waals surface area contributed by atoms with Crippen molar-refractivity contribution in [3.63, 3.8) is 0 Å². The quantitative estimate of drug-likeness (QED) is 0.696. The van der Waals surface area contributed by atoms with Crippen LogP contribution in [0.3, 0.4) is 0 Å². The van der Waals surface area contributed by atoms with Crippen LogP contribution in [-0.2, 0) is 4.79 Å². The normalized spacial score (nSPS) is 17.1. The number of hydrogen-bond donors (Lipinski definition) is 2. The number of rotatable bonds is 4. The Morgan fingerprint density at radius 2 is 2.14 bits per heavy atom. The molecule has 1 atom stereocenters. The van der Waals surface area contributed by atoms with Gasteiger partial charge < -0.3 is 19.5 Å². The van der Waals surface area contributed by atoms with Gasteiger partial charge in [-0.1, -0.05) is 11.6 Å². The Hall–Kier alpha value is -3.00. The second-order valence-electron chi connectivity index (χ2n) is 6.80. The van der Waals surface area contributed by atoms with E-state index in [1.54, 1.807) is 12.3 Å². The average molecular weight is 402 g/mol. The Bertz CT molecular complexity index is 1050. The highest BCUT2D eigenvalue weighted by Gasteiger charge is 2.27. The number of amides is 1. The van der Waals surface area contributed by atoms with Crippen LogP contribution in [0.4, 0.5) is 11.4 Å². The molecule has 4 rings (SSSR count). The van der Waals surface area contributed by atoms with Gasteiger partial charge in [-0.3, -0.25) is 9.78 Å². The van der Waals surface area contributed by atoms with Crippen LogP contribution in [0.5, 0.6) is 0 Å². The summed E-state index contributed by atoms with van der Waals surface area (Å²) in [6.45, 7) is 4.36. The van der Waals surface area contributed by atoms with Crippen molar-refractivity contribution in [2.24, 2.45) is 0 Å². The number of aromatic nitrogens is 2. The second-order valence-corrected chi connectivity index (χ2v) is 7.23. The minimum absolute atomic E-state index is 0.0128. The maximum absolute atomic E-state index is 12.7. The Labute approximate surface area is 166 Å². The van der Waals surface area contributed by atoms with Gasteiger partial charge in [0.15, 0.2) is 11.2 Å². The molecule has 0 aliphatic carbocycles. The first-order valence-electron chi connectivity index (χ1n) is 9.02. The van der Waals surface area contributed by atoms with Crippen molar-refractivity contribution < 1.29 is 9.21 Å². The first-order valence-corrected chi connectivity index (χ1v) is 9.40. The third-order valence-electron chi connectivity index (χ3n) is 4.86. The summed E-state index contributed by atoms with van der Waals surface area (Å²) in [6.07, 6.45) is 1.56. The maximum Gasteiger partial charge on any atom is 0.418 e. The van der Waals surface area contributed by atoms with Gasteiger partial charge in [0.2, 0.25) is 5.91 Å². The van der Waals surface area contributed by atoms with E-state index >= 15 is 0 Å². The number of halogens is 1. The molecule has 1 fully saturated rings. The fourth-order valence-electron chi connectivity index (χ4n) is 3.43. The van der Waals surface area contributed by atoms with Gasteiger partial charge >= 0.3 is 5.76 Å². The molecule has 0 spiro atoms. The Morgan fingerprint density at radius 1 is 1.36 bits per heavy atom. The van der Waals surface area contributed by atoms with Gasteiger partial charge in [-0.2, -0.15) is 0 Å². The van der Waals surface area contributed by atoms with Crippen molar-refractivity contribution in [1.82, 2.24) is 14.9 Å². The Morgan fingerprint density at radius 3 is 2.89 bits per heavy atom. The van der Waals surface area contributed by atoms with Crippen molar-refractivity contribution in [3.05, 3.63) is 52.1 Å². The minimum Gasteiger partial charge on any atom is -0.406 e. The highest BCUT2D eigenvalue weighted by Crippen LogP contribution is 2.21. The fourth-order valence-corrected chi connectivity index (χ4v) is 3.55. The average Bonchev–Trinajstić information content (AvgIpc) is 3.06. The minimum atomic E-state index is -0.553. The van der Waals surface area contributed by atoms with E-state index in [4.69, 9.17) is 16.0 Å². The molecular weight excluding hydrogens is 382 g/mol. The molecule has 0 bridgehead atoms. The van der Waals surface area contributed by atoms with E-state index < -0.39 is 5.76 Å². The first kappa shape index (κ1) is 18.4. The predicted molar refractivity (Wildman–Crippen MR) is 108 cm³/mol. The molecular formula is C19H20ClN5O3. The van der Waals surface area contributed by atoms with Crippen LogP contribution in [0.15, 0.2) is 45.7 Å². The number of aromatic amines is 1. The summed E-state index contributed by atoms with van der Waals surface area (Å²) in [7, 11) is 0. The van der Waals surface area contributed by atoms with Crippen molar-refractivity contribution >= 4 is 40.1 Å². The van der Waals surface area contributed by atoms with Gasteiger partial charge in [0, 0.05) is 42.5 Å². The first-order chi connectivity index (χ1) is 13.5. The highest BCUT2D eigenvalue weighted by atomic mass is 35.5. The van der Waals surface area contributed by atoms with Crippen molar-refractivity contribution in [3.8, 4) is 0 Å². The molecule has 0 saturated carbocycles. The van der Waals surface area contributed by atoms with Crippen LogP contribution in [0.2, 0.25) is 5.02 Å². The van der Waals surface area contributed by atoms with E-state index in [1.807, 2.05) is 36.1 Å². The van der Waals surface area contributed by atoms with E-state index in [0.717, 1.165) is 18.8 Å².